The lowest BCUT2D eigenvalue weighted by atomic mass is 9.93. The SMILES string of the molecule is CC(C)Cc1nnc(NC(=O)N2CCc3ccccc3C2CO)s1. The number of rotatable bonds is 4. The quantitative estimate of drug-likeness (QED) is 0.892. The molecule has 1 aliphatic rings. The van der Waals surface area contributed by atoms with E-state index in [1.807, 2.05) is 18.2 Å². The Balaban J connectivity index is 1.72. The highest BCUT2D eigenvalue weighted by Gasteiger charge is 2.30. The number of aliphatic hydroxyl groups excluding tert-OH is 1. The Bertz CT molecular complexity index is 716. The molecule has 2 aromatic rings. The van der Waals surface area contributed by atoms with Gasteiger partial charge in [0, 0.05) is 13.0 Å². The zero-order valence-electron chi connectivity index (χ0n) is 13.9. The van der Waals surface area contributed by atoms with Gasteiger partial charge < -0.3 is 10.0 Å². The van der Waals surface area contributed by atoms with Gasteiger partial charge in [0.05, 0.1) is 12.6 Å². The molecule has 0 bridgehead atoms. The zero-order valence-corrected chi connectivity index (χ0v) is 14.7. The van der Waals surface area contributed by atoms with E-state index >= 15 is 0 Å². The fourth-order valence-corrected chi connectivity index (χ4v) is 3.93. The number of nitrogens with one attached hydrogen (secondary N) is 1. The smallest absolute Gasteiger partial charge is 0.324 e. The number of fused-ring (bicyclic) bond motifs is 1. The second kappa shape index (κ2) is 7.27. The van der Waals surface area contributed by atoms with Gasteiger partial charge in [-0.25, -0.2) is 4.79 Å². The zero-order chi connectivity index (χ0) is 17.1. The molecule has 3 rings (SSSR count). The van der Waals surface area contributed by atoms with Crippen LogP contribution in [0.5, 0.6) is 0 Å². The summed E-state index contributed by atoms with van der Waals surface area (Å²) in [7, 11) is 0. The summed E-state index contributed by atoms with van der Waals surface area (Å²) in [5.41, 5.74) is 2.20. The number of carbonyl (C=O) groups is 1. The van der Waals surface area contributed by atoms with Crippen molar-refractivity contribution >= 4 is 22.5 Å². The van der Waals surface area contributed by atoms with Gasteiger partial charge in [0.2, 0.25) is 5.13 Å². The third-order valence-electron chi connectivity index (χ3n) is 4.11. The minimum atomic E-state index is -0.321. The molecule has 2 N–H and O–H groups in total. The van der Waals surface area contributed by atoms with Crippen LogP contribution in [-0.2, 0) is 12.8 Å². The monoisotopic (exact) mass is 346 g/mol. The number of carbonyl (C=O) groups excluding carboxylic acids is 1. The van der Waals surface area contributed by atoms with Crippen molar-refractivity contribution in [2.45, 2.75) is 32.7 Å². The molecule has 0 radical (unpaired) electrons. The predicted octanol–water partition coefficient (Wildman–Crippen LogP) is 2.86. The van der Waals surface area contributed by atoms with E-state index in [9.17, 15) is 9.90 Å². The molecule has 1 aromatic carbocycles. The maximum atomic E-state index is 12.6. The summed E-state index contributed by atoms with van der Waals surface area (Å²) in [5, 5.41) is 22.2. The van der Waals surface area contributed by atoms with Crippen LogP contribution in [0.25, 0.3) is 0 Å². The van der Waals surface area contributed by atoms with Crippen LogP contribution in [0.4, 0.5) is 9.93 Å². The van der Waals surface area contributed by atoms with E-state index in [1.165, 1.54) is 16.9 Å². The second-order valence-electron chi connectivity index (χ2n) is 6.37. The average molecular weight is 346 g/mol. The van der Waals surface area contributed by atoms with Gasteiger partial charge >= 0.3 is 6.03 Å². The minimum Gasteiger partial charge on any atom is -0.394 e. The van der Waals surface area contributed by atoms with Crippen molar-refractivity contribution in [2.75, 3.05) is 18.5 Å². The Kier molecular flexibility index (Phi) is 5.11. The van der Waals surface area contributed by atoms with Crippen molar-refractivity contribution in [3.8, 4) is 0 Å². The maximum Gasteiger partial charge on any atom is 0.324 e. The molecule has 0 spiro atoms. The van der Waals surface area contributed by atoms with E-state index in [4.69, 9.17) is 0 Å². The molecular formula is C17H22N4O2S. The predicted molar refractivity (Wildman–Crippen MR) is 94.1 cm³/mol. The van der Waals surface area contributed by atoms with Gasteiger partial charge in [-0.05, 0) is 23.5 Å². The molecule has 128 valence electrons. The number of urea groups is 1. The van der Waals surface area contributed by atoms with Crippen molar-refractivity contribution < 1.29 is 9.90 Å². The van der Waals surface area contributed by atoms with E-state index in [1.54, 1.807) is 4.90 Å². The first kappa shape index (κ1) is 16.9. The Morgan fingerprint density at radius 1 is 1.42 bits per heavy atom. The second-order valence-corrected chi connectivity index (χ2v) is 7.43. The Morgan fingerprint density at radius 3 is 2.96 bits per heavy atom. The number of anilines is 1. The van der Waals surface area contributed by atoms with Crippen LogP contribution in [0, 0.1) is 5.92 Å². The van der Waals surface area contributed by atoms with Gasteiger partial charge in [-0.1, -0.05) is 49.4 Å². The molecule has 1 aliphatic heterocycles. The normalized spacial score (nSPS) is 17.0. The average Bonchev–Trinajstić information content (AvgIpc) is 2.99. The van der Waals surface area contributed by atoms with E-state index < -0.39 is 0 Å². The molecular weight excluding hydrogens is 324 g/mol. The topological polar surface area (TPSA) is 78.4 Å². The van der Waals surface area contributed by atoms with Crippen LogP contribution >= 0.6 is 11.3 Å². The number of aliphatic hydroxyl groups is 1. The molecule has 7 heteroatoms. The van der Waals surface area contributed by atoms with E-state index in [-0.39, 0.29) is 18.7 Å². The van der Waals surface area contributed by atoms with Crippen molar-refractivity contribution in [2.24, 2.45) is 5.92 Å². The Hall–Kier alpha value is -1.99. The fourth-order valence-electron chi connectivity index (χ4n) is 2.99. The van der Waals surface area contributed by atoms with Gasteiger partial charge in [-0.2, -0.15) is 0 Å². The highest BCUT2D eigenvalue weighted by molar-refractivity contribution is 7.15. The molecule has 0 fully saturated rings. The summed E-state index contributed by atoms with van der Waals surface area (Å²) >= 11 is 1.40. The number of nitrogens with zero attached hydrogens (tertiary/aromatic N) is 3. The van der Waals surface area contributed by atoms with E-state index in [0.717, 1.165) is 23.4 Å². The number of hydrogen-bond acceptors (Lipinski definition) is 5. The maximum absolute atomic E-state index is 12.6. The summed E-state index contributed by atoms with van der Waals surface area (Å²) in [6.45, 7) is 4.72. The first-order chi connectivity index (χ1) is 11.6. The highest BCUT2D eigenvalue weighted by Crippen LogP contribution is 2.30. The molecule has 2 amide bonds. The van der Waals surface area contributed by atoms with Gasteiger partial charge in [-0.15, -0.1) is 10.2 Å². The first-order valence-corrected chi connectivity index (χ1v) is 8.98. The Labute approximate surface area is 145 Å². The van der Waals surface area contributed by atoms with Crippen LogP contribution in [-0.4, -0.2) is 39.4 Å². The third kappa shape index (κ3) is 3.57. The number of aromatic nitrogens is 2. The fraction of sp³-hybridized carbons (Fsp3) is 0.471. The summed E-state index contributed by atoms with van der Waals surface area (Å²) in [4.78, 5) is 14.3. The molecule has 1 unspecified atom stereocenters. The largest absolute Gasteiger partial charge is 0.394 e. The molecule has 2 heterocycles. The van der Waals surface area contributed by atoms with Gasteiger partial charge in [0.1, 0.15) is 5.01 Å². The highest BCUT2D eigenvalue weighted by atomic mass is 32.1. The van der Waals surface area contributed by atoms with Gasteiger partial charge in [0.15, 0.2) is 0 Å². The molecule has 1 aromatic heterocycles. The van der Waals surface area contributed by atoms with Crippen molar-refractivity contribution in [1.29, 1.82) is 0 Å². The van der Waals surface area contributed by atoms with E-state index in [0.29, 0.717) is 17.6 Å². The van der Waals surface area contributed by atoms with Crippen LogP contribution in [0.2, 0.25) is 0 Å². The van der Waals surface area contributed by atoms with E-state index in [2.05, 4.69) is 35.4 Å². The number of hydrogen-bond donors (Lipinski definition) is 2. The summed E-state index contributed by atoms with van der Waals surface area (Å²) in [6.07, 6.45) is 1.64. The van der Waals surface area contributed by atoms with Crippen LogP contribution in [0.1, 0.15) is 36.0 Å². The first-order valence-electron chi connectivity index (χ1n) is 8.17. The summed E-state index contributed by atoms with van der Waals surface area (Å²) in [5.74, 6) is 0.499. The Morgan fingerprint density at radius 2 is 2.21 bits per heavy atom. The van der Waals surface area contributed by atoms with Crippen molar-refractivity contribution in [3.05, 3.63) is 40.4 Å². The number of benzene rings is 1. The minimum absolute atomic E-state index is 0.0981. The van der Waals surface area contributed by atoms with Crippen LogP contribution in [0.15, 0.2) is 24.3 Å². The van der Waals surface area contributed by atoms with Crippen molar-refractivity contribution in [1.82, 2.24) is 15.1 Å². The summed E-state index contributed by atoms with van der Waals surface area (Å²) < 4.78 is 0. The number of amides is 2. The molecule has 6 nitrogen and oxygen atoms in total. The lowest BCUT2D eigenvalue weighted by Crippen LogP contribution is -2.43. The third-order valence-corrected chi connectivity index (χ3v) is 4.97. The van der Waals surface area contributed by atoms with Crippen molar-refractivity contribution in [3.63, 3.8) is 0 Å². The van der Waals surface area contributed by atoms with Gasteiger partial charge in [0.25, 0.3) is 0 Å². The molecule has 1 atom stereocenters. The lowest BCUT2D eigenvalue weighted by molar-refractivity contribution is 0.135. The van der Waals surface area contributed by atoms with Crippen LogP contribution < -0.4 is 5.32 Å². The summed E-state index contributed by atoms with van der Waals surface area (Å²) in [6, 6.07) is 7.39. The standard InChI is InChI=1S/C17H22N4O2S/c1-11(2)9-15-19-20-16(24-15)18-17(23)21-8-7-12-5-3-4-6-13(12)14(21)10-22/h3-6,11,14,22H,7-10H2,1-2H3,(H,18,20,23). The molecule has 0 saturated heterocycles. The molecule has 0 saturated carbocycles. The molecule has 24 heavy (non-hydrogen) atoms. The lowest BCUT2D eigenvalue weighted by Gasteiger charge is -2.36. The molecule has 0 aliphatic carbocycles. The van der Waals surface area contributed by atoms with Gasteiger partial charge in [-0.3, -0.25) is 5.32 Å². The van der Waals surface area contributed by atoms with Crippen LogP contribution in [0.3, 0.4) is 0 Å².